The van der Waals surface area contributed by atoms with Crippen LogP contribution in [0.4, 0.5) is 5.69 Å². The third-order valence-corrected chi connectivity index (χ3v) is 5.54. The number of methoxy groups -OCH3 is 1. The van der Waals surface area contributed by atoms with Gasteiger partial charge in [-0.25, -0.2) is 0 Å². The van der Waals surface area contributed by atoms with Gasteiger partial charge in [-0.1, -0.05) is 54.8 Å². The van der Waals surface area contributed by atoms with Crippen LogP contribution in [-0.2, 0) is 4.79 Å². The van der Waals surface area contributed by atoms with E-state index in [0.29, 0.717) is 27.3 Å². The Morgan fingerprint density at radius 2 is 1.96 bits per heavy atom. The Morgan fingerprint density at radius 3 is 2.68 bits per heavy atom. The zero-order chi connectivity index (χ0) is 20.3. The number of nitrogens with zero attached hydrogens (tertiary/aromatic N) is 1. The summed E-state index contributed by atoms with van der Waals surface area (Å²) >= 11 is 6.79. The Morgan fingerprint density at radius 1 is 1.18 bits per heavy atom. The maximum absolute atomic E-state index is 13.0. The van der Waals surface area contributed by atoms with Gasteiger partial charge < -0.3 is 9.47 Å². The van der Waals surface area contributed by atoms with Gasteiger partial charge in [-0.3, -0.25) is 9.69 Å². The fourth-order valence-electron chi connectivity index (χ4n) is 2.83. The first-order valence-corrected chi connectivity index (χ1v) is 9.94. The van der Waals surface area contributed by atoms with E-state index in [9.17, 15) is 4.79 Å². The summed E-state index contributed by atoms with van der Waals surface area (Å²) in [7, 11) is 1.58. The minimum atomic E-state index is -0.116. The van der Waals surface area contributed by atoms with Gasteiger partial charge >= 0.3 is 0 Å². The first kappa shape index (κ1) is 20.2. The molecular formula is C22H21NO3S2. The van der Waals surface area contributed by atoms with Crippen molar-refractivity contribution in [2.75, 3.05) is 18.6 Å². The number of ether oxygens (including phenoxy) is 2. The third kappa shape index (κ3) is 4.13. The van der Waals surface area contributed by atoms with Crippen LogP contribution in [-0.4, -0.2) is 23.9 Å². The van der Waals surface area contributed by atoms with Gasteiger partial charge in [0, 0.05) is 0 Å². The van der Waals surface area contributed by atoms with Crippen molar-refractivity contribution in [2.45, 2.75) is 13.8 Å². The van der Waals surface area contributed by atoms with Crippen LogP contribution >= 0.6 is 24.0 Å². The summed E-state index contributed by atoms with van der Waals surface area (Å²) < 4.78 is 11.5. The van der Waals surface area contributed by atoms with Gasteiger partial charge in [0.25, 0.3) is 5.91 Å². The van der Waals surface area contributed by atoms with Crippen LogP contribution in [0.1, 0.15) is 16.7 Å². The van der Waals surface area contributed by atoms with Crippen molar-refractivity contribution in [1.82, 2.24) is 0 Å². The van der Waals surface area contributed by atoms with Gasteiger partial charge in [0.2, 0.25) is 0 Å². The van der Waals surface area contributed by atoms with Crippen molar-refractivity contribution in [2.24, 2.45) is 0 Å². The molecule has 0 atom stereocenters. The number of thioether (sulfide) groups is 1. The minimum Gasteiger partial charge on any atom is -0.493 e. The largest absolute Gasteiger partial charge is 0.493 e. The molecule has 0 spiro atoms. The molecule has 0 aliphatic carbocycles. The molecule has 1 fully saturated rings. The van der Waals surface area contributed by atoms with Crippen LogP contribution in [0.2, 0.25) is 0 Å². The number of hydrogen-bond donors (Lipinski definition) is 0. The van der Waals surface area contributed by atoms with Gasteiger partial charge in [-0.05, 0) is 54.8 Å². The SMILES string of the molecule is C=CCOc1ccc(C=C2SC(=S)N(c3cc(C)ccc3C)C2=O)cc1OC. The molecule has 0 N–H and O–H groups in total. The molecule has 144 valence electrons. The van der Waals surface area contributed by atoms with Gasteiger partial charge in [0.1, 0.15) is 6.61 Å². The van der Waals surface area contributed by atoms with E-state index in [2.05, 4.69) is 6.58 Å². The highest BCUT2D eigenvalue weighted by Gasteiger charge is 2.34. The number of carbonyl (C=O) groups excluding carboxylic acids is 1. The molecule has 0 unspecified atom stereocenters. The lowest BCUT2D eigenvalue weighted by molar-refractivity contribution is -0.113. The fraction of sp³-hybridized carbons (Fsp3) is 0.182. The second kappa shape index (κ2) is 8.63. The van der Waals surface area contributed by atoms with Crippen molar-refractivity contribution >= 4 is 46.0 Å². The second-order valence-electron chi connectivity index (χ2n) is 6.32. The molecule has 28 heavy (non-hydrogen) atoms. The third-order valence-electron chi connectivity index (χ3n) is 4.24. The van der Waals surface area contributed by atoms with E-state index in [-0.39, 0.29) is 5.91 Å². The highest BCUT2D eigenvalue weighted by molar-refractivity contribution is 8.27. The number of hydrogen-bond acceptors (Lipinski definition) is 5. The van der Waals surface area contributed by atoms with E-state index in [1.807, 2.05) is 56.3 Å². The first-order valence-electron chi connectivity index (χ1n) is 8.71. The predicted octanol–water partition coefficient (Wildman–Crippen LogP) is 5.28. The lowest BCUT2D eigenvalue weighted by Gasteiger charge is -2.17. The van der Waals surface area contributed by atoms with Crippen molar-refractivity contribution in [3.8, 4) is 11.5 Å². The van der Waals surface area contributed by atoms with Gasteiger partial charge in [0.05, 0.1) is 17.7 Å². The molecule has 0 aromatic heterocycles. The molecule has 1 heterocycles. The Bertz CT molecular complexity index is 982. The van der Waals surface area contributed by atoms with Crippen molar-refractivity contribution in [3.05, 3.63) is 70.6 Å². The zero-order valence-corrected chi connectivity index (χ0v) is 17.7. The number of carbonyl (C=O) groups is 1. The Hall–Kier alpha value is -2.57. The van der Waals surface area contributed by atoms with Crippen molar-refractivity contribution in [1.29, 1.82) is 0 Å². The first-order chi connectivity index (χ1) is 13.4. The molecule has 0 bridgehead atoms. The smallest absolute Gasteiger partial charge is 0.270 e. The molecule has 4 nitrogen and oxygen atoms in total. The van der Waals surface area contributed by atoms with E-state index in [1.54, 1.807) is 18.1 Å². The number of anilines is 1. The minimum absolute atomic E-state index is 0.116. The summed E-state index contributed by atoms with van der Waals surface area (Å²) in [5, 5.41) is 0. The number of thiocarbonyl (C=S) groups is 1. The molecule has 6 heteroatoms. The monoisotopic (exact) mass is 411 g/mol. The van der Waals surface area contributed by atoms with Crippen LogP contribution in [0.25, 0.3) is 6.08 Å². The lowest BCUT2D eigenvalue weighted by atomic mass is 10.1. The molecule has 1 amide bonds. The summed E-state index contributed by atoms with van der Waals surface area (Å²) in [4.78, 5) is 15.2. The van der Waals surface area contributed by atoms with E-state index in [4.69, 9.17) is 21.7 Å². The Labute approximate surface area is 174 Å². The normalized spacial score (nSPS) is 15.2. The van der Waals surface area contributed by atoms with Crippen LogP contribution in [0.5, 0.6) is 11.5 Å². The van der Waals surface area contributed by atoms with Crippen LogP contribution in [0, 0.1) is 13.8 Å². The average Bonchev–Trinajstić information content (AvgIpc) is 2.95. The lowest BCUT2D eigenvalue weighted by Crippen LogP contribution is -2.28. The molecule has 2 aromatic rings. The summed E-state index contributed by atoms with van der Waals surface area (Å²) in [6.45, 7) is 8.01. The average molecular weight is 412 g/mol. The van der Waals surface area contributed by atoms with E-state index >= 15 is 0 Å². The van der Waals surface area contributed by atoms with Crippen molar-refractivity contribution < 1.29 is 14.3 Å². The second-order valence-corrected chi connectivity index (χ2v) is 7.99. The summed E-state index contributed by atoms with van der Waals surface area (Å²) in [6, 6.07) is 11.5. The van der Waals surface area contributed by atoms with Crippen LogP contribution in [0.3, 0.4) is 0 Å². The predicted molar refractivity (Wildman–Crippen MR) is 120 cm³/mol. The maximum Gasteiger partial charge on any atom is 0.270 e. The number of aryl methyl sites for hydroxylation is 2. The standard InChI is InChI=1S/C22H21NO3S2/c1-5-10-26-18-9-8-16(12-19(18)25-4)13-20-21(24)23(22(27)28-20)17-11-14(2)6-7-15(17)3/h5-9,11-13H,1,10H2,2-4H3. The molecule has 1 saturated heterocycles. The van der Waals surface area contributed by atoms with E-state index in [0.717, 1.165) is 22.4 Å². The highest BCUT2D eigenvalue weighted by Crippen LogP contribution is 2.38. The van der Waals surface area contributed by atoms with Gasteiger partial charge in [-0.15, -0.1) is 0 Å². The van der Waals surface area contributed by atoms with E-state index in [1.165, 1.54) is 11.8 Å². The fourth-order valence-corrected chi connectivity index (χ4v) is 4.11. The molecule has 1 aliphatic rings. The molecule has 1 aliphatic heterocycles. The number of rotatable bonds is 6. The zero-order valence-electron chi connectivity index (χ0n) is 16.0. The van der Waals surface area contributed by atoms with Crippen molar-refractivity contribution in [3.63, 3.8) is 0 Å². The number of amides is 1. The number of benzene rings is 2. The van der Waals surface area contributed by atoms with Gasteiger partial charge in [-0.2, -0.15) is 0 Å². The topological polar surface area (TPSA) is 38.8 Å². The maximum atomic E-state index is 13.0. The summed E-state index contributed by atoms with van der Waals surface area (Å²) in [6.07, 6.45) is 3.50. The Balaban J connectivity index is 1.91. The molecule has 3 rings (SSSR count). The molecular weight excluding hydrogens is 390 g/mol. The quantitative estimate of drug-likeness (QED) is 0.367. The summed E-state index contributed by atoms with van der Waals surface area (Å²) in [5.41, 5.74) is 3.76. The van der Waals surface area contributed by atoms with Gasteiger partial charge in [0.15, 0.2) is 15.8 Å². The van der Waals surface area contributed by atoms with Crippen LogP contribution < -0.4 is 14.4 Å². The molecule has 0 saturated carbocycles. The Kier molecular flexibility index (Phi) is 6.21. The summed E-state index contributed by atoms with van der Waals surface area (Å²) in [5.74, 6) is 1.11. The molecule has 2 aromatic carbocycles. The highest BCUT2D eigenvalue weighted by atomic mass is 32.2. The molecule has 0 radical (unpaired) electrons. The van der Waals surface area contributed by atoms with E-state index < -0.39 is 0 Å². The van der Waals surface area contributed by atoms with Crippen LogP contribution in [0.15, 0.2) is 54.0 Å².